The number of nitrogens with two attached hydrogens (primary N) is 1. The number of pyridine rings is 1. The topological polar surface area (TPSA) is 68.0 Å². The Morgan fingerprint density at radius 1 is 1.62 bits per heavy atom. The molecular formula is C12H17N3O. The molecule has 4 heteroatoms. The number of hydrogen-bond acceptors (Lipinski definition) is 3. The molecule has 1 aliphatic carbocycles. The Hall–Kier alpha value is -1.58. The molecule has 1 aliphatic rings. The summed E-state index contributed by atoms with van der Waals surface area (Å²) < 4.78 is 0. The second-order valence-electron chi connectivity index (χ2n) is 4.41. The monoisotopic (exact) mass is 219 g/mol. The standard InChI is InChI=1S/C12H17N3O/c1-2-12(5-3-6-12)15-9-4-7-14-10(8-9)11(13)16/h4,7-8H,2-3,5-6H2,1H3,(H2,13,16)(H,14,15). The Kier molecular flexibility index (Phi) is 2.81. The van der Waals surface area contributed by atoms with Crippen molar-refractivity contribution < 1.29 is 4.79 Å². The highest BCUT2D eigenvalue weighted by atomic mass is 16.1. The highest BCUT2D eigenvalue weighted by molar-refractivity contribution is 5.91. The van der Waals surface area contributed by atoms with Gasteiger partial charge in [-0.15, -0.1) is 0 Å². The van der Waals surface area contributed by atoms with Crippen molar-refractivity contribution in [3.63, 3.8) is 0 Å². The molecule has 0 radical (unpaired) electrons. The van der Waals surface area contributed by atoms with Crippen molar-refractivity contribution in [1.29, 1.82) is 0 Å². The number of amides is 1. The van der Waals surface area contributed by atoms with Crippen molar-refractivity contribution in [2.45, 2.75) is 38.1 Å². The molecule has 4 nitrogen and oxygen atoms in total. The lowest BCUT2D eigenvalue weighted by Gasteiger charge is -2.43. The van der Waals surface area contributed by atoms with Crippen LogP contribution in [-0.4, -0.2) is 16.4 Å². The normalized spacial score (nSPS) is 17.6. The largest absolute Gasteiger partial charge is 0.380 e. The van der Waals surface area contributed by atoms with Crippen LogP contribution in [0.3, 0.4) is 0 Å². The van der Waals surface area contributed by atoms with Gasteiger partial charge in [-0.1, -0.05) is 6.92 Å². The molecular weight excluding hydrogens is 202 g/mol. The van der Waals surface area contributed by atoms with Crippen LogP contribution in [-0.2, 0) is 0 Å². The van der Waals surface area contributed by atoms with Gasteiger partial charge in [0.15, 0.2) is 0 Å². The summed E-state index contributed by atoms with van der Waals surface area (Å²) in [7, 11) is 0. The molecule has 0 spiro atoms. The minimum atomic E-state index is -0.484. The first-order valence-electron chi connectivity index (χ1n) is 5.69. The maximum Gasteiger partial charge on any atom is 0.267 e. The molecule has 0 bridgehead atoms. The summed E-state index contributed by atoms with van der Waals surface area (Å²) in [4.78, 5) is 14.9. The van der Waals surface area contributed by atoms with E-state index in [1.165, 1.54) is 19.3 Å². The lowest BCUT2D eigenvalue weighted by Crippen LogP contribution is -2.44. The van der Waals surface area contributed by atoms with Gasteiger partial charge in [0.25, 0.3) is 5.91 Å². The zero-order chi connectivity index (χ0) is 11.6. The lowest BCUT2D eigenvalue weighted by molar-refractivity contribution is 0.0995. The summed E-state index contributed by atoms with van der Waals surface area (Å²) in [5, 5.41) is 3.49. The first-order valence-corrected chi connectivity index (χ1v) is 5.69. The fraction of sp³-hybridized carbons (Fsp3) is 0.500. The third kappa shape index (κ3) is 2.01. The molecule has 2 rings (SSSR count). The Balaban J connectivity index is 2.15. The summed E-state index contributed by atoms with van der Waals surface area (Å²) in [6, 6.07) is 3.60. The van der Waals surface area contributed by atoms with Gasteiger partial charge in [-0.25, -0.2) is 0 Å². The van der Waals surface area contributed by atoms with Gasteiger partial charge in [0.1, 0.15) is 5.69 Å². The molecule has 1 fully saturated rings. The average molecular weight is 219 g/mol. The minimum Gasteiger partial charge on any atom is -0.380 e. The molecule has 1 aromatic rings. The van der Waals surface area contributed by atoms with Crippen LogP contribution >= 0.6 is 0 Å². The van der Waals surface area contributed by atoms with Crippen LogP contribution in [0.5, 0.6) is 0 Å². The third-order valence-electron chi connectivity index (χ3n) is 3.41. The van der Waals surface area contributed by atoms with E-state index in [0.717, 1.165) is 12.1 Å². The van der Waals surface area contributed by atoms with E-state index in [2.05, 4.69) is 17.2 Å². The zero-order valence-electron chi connectivity index (χ0n) is 9.49. The van der Waals surface area contributed by atoms with Gasteiger partial charge in [0.2, 0.25) is 0 Å². The molecule has 1 aromatic heterocycles. The second-order valence-corrected chi connectivity index (χ2v) is 4.41. The molecule has 0 saturated heterocycles. The summed E-state index contributed by atoms with van der Waals surface area (Å²) >= 11 is 0. The number of anilines is 1. The van der Waals surface area contributed by atoms with Crippen molar-refractivity contribution >= 4 is 11.6 Å². The summed E-state index contributed by atoms with van der Waals surface area (Å²) in [6.07, 6.45) is 6.37. The van der Waals surface area contributed by atoms with Crippen LogP contribution in [0.1, 0.15) is 43.1 Å². The molecule has 1 saturated carbocycles. The quantitative estimate of drug-likeness (QED) is 0.813. The van der Waals surface area contributed by atoms with Crippen molar-refractivity contribution in [3.05, 3.63) is 24.0 Å². The van der Waals surface area contributed by atoms with Crippen molar-refractivity contribution in [2.75, 3.05) is 5.32 Å². The maximum absolute atomic E-state index is 11.0. The van der Waals surface area contributed by atoms with Crippen LogP contribution in [0.4, 0.5) is 5.69 Å². The Morgan fingerprint density at radius 3 is 2.88 bits per heavy atom. The predicted molar refractivity (Wildman–Crippen MR) is 63.3 cm³/mol. The summed E-state index contributed by atoms with van der Waals surface area (Å²) in [6.45, 7) is 2.18. The van der Waals surface area contributed by atoms with Gasteiger partial charge in [0.05, 0.1) is 0 Å². The Morgan fingerprint density at radius 2 is 2.38 bits per heavy atom. The number of primary amides is 1. The highest BCUT2D eigenvalue weighted by Gasteiger charge is 2.34. The second kappa shape index (κ2) is 4.12. The fourth-order valence-electron chi connectivity index (χ4n) is 2.12. The maximum atomic E-state index is 11.0. The van der Waals surface area contributed by atoms with E-state index < -0.39 is 5.91 Å². The van der Waals surface area contributed by atoms with Crippen LogP contribution in [0.25, 0.3) is 0 Å². The highest BCUT2D eigenvalue weighted by Crippen LogP contribution is 2.37. The van der Waals surface area contributed by atoms with Gasteiger partial charge >= 0.3 is 0 Å². The van der Waals surface area contributed by atoms with Crippen molar-refractivity contribution in [3.8, 4) is 0 Å². The van der Waals surface area contributed by atoms with Gasteiger partial charge < -0.3 is 11.1 Å². The SMILES string of the molecule is CCC1(Nc2ccnc(C(N)=O)c2)CCC1. The molecule has 0 aromatic carbocycles. The van der Waals surface area contributed by atoms with E-state index in [4.69, 9.17) is 5.73 Å². The number of nitrogens with one attached hydrogen (secondary N) is 1. The van der Waals surface area contributed by atoms with Gasteiger partial charge in [-0.3, -0.25) is 9.78 Å². The zero-order valence-corrected chi connectivity index (χ0v) is 9.49. The van der Waals surface area contributed by atoms with Crippen LogP contribution in [0.15, 0.2) is 18.3 Å². The Labute approximate surface area is 95.3 Å². The van der Waals surface area contributed by atoms with E-state index in [9.17, 15) is 4.79 Å². The number of carbonyl (C=O) groups is 1. The summed E-state index contributed by atoms with van der Waals surface area (Å²) in [5.74, 6) is -0.484. The molecule has 0 aliphatic heterocycles. The molecule has 86 valence electrons. The summed E-state index contributed by atoms with van der Waals surface area (Å²) in [5.41, 5.74) is 6.67. The number of carbonyl (C=O) groups excluding carboxylic acids is 1. The van der Waals surface area contributed by atoms with Crippen LogP contribution in [0, 0.1) is 0 Å². The molecule has 16 heavy (non-hydrogen) atoms. The smallest absolute Gasteiger partial charge is 0.267 e. The van der Waals surface area contributed by atoms with E-state index in [-0.39, 0.29) is 5.54 Å². The number of aromatic nitrogens is 1. The van der Waals surface area contributed by atoms with Crippen LogP contribution in [0.2, 0.25) is 0 Å². The molecule has 1 amide bonds. The van der Waals surface area contributed by atoms with E-state index >= 15 is 0 Å². The molecule has 3 N–H and O–H groups in total. The first-order chi connectivity index (χ1) is 7.65. The van der Waals surface area contributed by atoms with E-state index in [1.807, 2.05) is 6.07 Å². The van der Waals surface area contributed by atoms with Crippen molar-refractivity contribution in [2.24, 2.45) is 5.73 Å². The molecule has 0 atom stereocenters. The third-order valence-corrected chi connectivity index (χ3v) is 3.41. The first kappa shape index (κ1) is 10.9. The van der Waals surface area contributed by atoms with E-state index in [0.29, 0.717) is 5.69 Å². The molecule has 1 heterocycles. The Bertz CT molecular complexity index is 393. The number of nitrogens with zero attached hydrogens (tertiary/aromatic N) is 1. The minimum absolute atomic E-state index is 0.219. The number of rotatable bonds is 4. The average Bonchev–Trinajstić information content (AvgIpc) is 2.24. The van der Waals surface area contributed by atoms with Gasteiger partial charge in [-0.05, 0) is 37.8 Å². The van der Waals surface area contributed by atoms with E-state index in [1.54, 1.807) is 12.3 Å². The lowest BCUT2D eigenvalue weighted by atomic mass is 9.74. The number of hydrogen-bond donors (Lipinski definition) is 2. The van der Waals surface area contributed by atoms with Gasteiger partial charge in [-0.2, -0.15) is 0 Å². The van der Waals surface area contributed by atoms with Crippen molar-refractivity contribution in [1.82, 2.24) is 4.98 Å². The molecule has 0 unspecified atom stereocenters. The fourth-order valence-corrected chi connectivity index (χ4v) is 2.12. The predicted octanol–water partition coefficient (Wildman–Crippen LogP) is 1.93. The van der Waals surface area contributed by atoms with Gasteiger partial charge in [0, 0.05) is 17.4 Å². The van der Waals surface area contributed by atoms with Crippen LogP contribution < -0.4 is 11.1 Å².